The van der Waals surface area contributed by atoms with Crippen molar-refractivity contribution in [1.82, 2.24) is 4.98 Å². The van der Waals surface area contributed by atoms with E-state index in [1.807, 2.05) is 36.6 Å². The van der Waals surface area contributed by atoms with E-state index in [2.05, 4.69) is 4.98 Å². The van der Waals surface area contributed by atoms with Crippen molar-refractivity contribution in [2.75, 3.05) is 13.2 Å². The van der Waals surface area contributed by atoms with Gasteiger partial charge in [-0.05, 0) is 44.0 Å². The summed E-state index contributed by atoms with van der Waals surface area (Å²) in [6, 6.07) is 7.42. The van der Waals surface area contributed by atoms with Crippen LogP contribution in [-0.4, -0.2) is 22.4 Å². The van der Waals surface area contributed by atoms with Gasteiger partial charge >= 0.3 is 0 Å². The summed E-state index contributed by atoms with van der Waals surface area (Å²) in [6.07, 6.45) is 2.27. The summed E-state index contributed by atoms with van der Waals surface area (Å²) in [5, 5.41) is 3.00. The lowest BCUT2D eigenvalue weighted by Crippen LogP contribution is -1.99. The molecule has 6 heteroatoms. The molecule has 0 N–H and O–H groups in total. The van der Waals surface area contributed by atoms with Crippen molar-refractivity contribution < 1.29 is 13.7 Å². The van der Waals surface area contributed by atoms with Gasteiger partial charge in [-0.2, -0.15) is 0 Å². The second kappa shape index (κ2) is 7.35. The second-order valence-corrected chi connectivity index (χ2v) is 7.41. The molecule has 0 amide bonds. The number of hydrogen-bond donors (Lipinski definition) is 0. The fraction of sp³-hybridized carbons (Fsp3) is 0.438. The molecule has 4 nitrogen and oxygen atoms in total. The van der Waals surface area contributed by atoms with Crippen molar-refractivity contribution >= 4 is 22.1 Å². The lowest BCUT2D eigenvalue weighted by molar-refractivity contribution is 0.111. The Hall–Kier alpha value is -1.24. The van der Waals surface area contributed by atoms with Gasteiger partial charge in [-0.3, -0.25) is 4.21 Å². The minimum absolute atomic E-state index is 0.137. The summed E-state index contributed by atoms with van der Waals surface area (Å²) < 4.78 is 23.4. The maximum atomic E-state index is 12.4. The highest BCUT2D eigenvalue weighted by Gasteiger charge is 2.21. The van der Waals surface area contributed by atoms with Crippen molar-refractivity contribution in [2.24, 2.45) is 0 Å². The van der Waals surface area contributed by atoms with Gasteiger partial charge in [0.05, 0.1) is 28.9 Å². The number of thiazole rings is 1. The van der Waals surface area contributed by atoms with Crippen LogP contribution in [0.1, 0.15) is 36.6 Å². The van der Waals surface area contributed by atoms with Gasteiger partial charge < -0.3 is 9.47 Å². The predicted molar refractivity (Wildman–Crippen MR) is 87.8 cm³/mol. The van der Waals surface area contributed by atoms with E-state index in [0.717, 1.165) is 40.8 Å². The molecule has 1 fully saturated rings. The zero-order valence-electron chi connectivity index (χ0n) is 12.5. The van der Waals surface area contributed by atoms with E-state index in [1.165, 1.54) is 0 Å². The fourth-order valence-corrected chi connectivity index (χ4v) is 4.41. The standard InChI is InChI=1S/C16H19NO3S2/c1-2-19-13-5-7-14(8-6-13)22(18)11-12-10-21-16(17-12)15-4-3-9-20-15/h5-8,10,15H,2-4,9,11H2,1H3/t15-,22-/m0/s1. The van der Waals surface area contributed by atoms with E-state index in [9.17, 15) is 4.21 Å². The molecule has 0 saturated carbocycles. The summed E-state index contributed by atoms with van der Waals surface area (Å²) in [6.45, 7) is 3.39. The molecule has 0 unspecified atom stereocenters. The van der Waals surface area contributed by atoms with Gasteiger partial charge in [0.25, 0.3) is 0 Å². The van der Waals surface area contributed by atoms with Gasteiger partial charge in [0.15, 0.2) is 0 Å². The van der Waals surface area contributed by atoms with Crippen LogP contribution in [0.2, 0.25) is 0 Å². The fourth-order valence-electron chi connectivity index (χ4n) is 2.38. The van der Waals surface area contributed by atoms with E-state index in [-0.39, 0.29) is 6.10 Å². The molecule has 2 atom stereocenters. The normalized spacial score (nSPS) is 19.2. The average molecular weight is 337 g/mol. The van der Waals surface area contributed by atoms with Gasteiger partial charge in [0, 0.05) is 16.9 Å². The number of nitrogens with zero attached hydrogens (tertiary/aromatic N) is 1. The monoisotopic (exact) mass is 337 g/mol. The predicted octanol–water partition coefficient (Wildman–Crippen LogP) is 3.70. The first kappa shape index (κ1) is 15.6. The Balaban J connectivity index is 1.63. The summed E-state index contributed by atoms with van der Waals surface area (Å²) >= 11 is 1.60. The number of benzene rings is 1. The smallest absolute Gasteiger partial charge is 0.122 e. The molecule has 1 aliphatic heterocycles. The van der Waals surface area contributed by atoms with Crippen LogP contribution in [-0.2, 0) is 21.3 Å². The lowest BCUT2D eigenvalue weighted by atomic mass is 10.2. The van der Waals surface area contributed by atoms with Crippen LogP contribution in [0.15, 0.2) is 34.5 Å². The third kappa shape index (κ3) is 3.74. The molecular weight excluding hydrogens is 318 g/mol. The van der Waals surface area contributed by atoms with Crippen molar-refractivity contribution in [3.63, 3.8) is 0 Å². The Bertz CT molecular complexity index is 633. The van der Waals surface area contributed by atoms with Crippen LogP contribution >= 0.6 is 11.3 Å². The van der Waals surface area contributed by atoms with Crippen LogP contribution < -0.4 is 4.74 Å². The van der Waals surface area contributed by atoms with E-state index in [1.54, 1.807) is 11.3 Å². The molecule has 22 heavy (non-hydrogen) atoms. The third-order valence-electron chi connectivity index (χ3n) is 3.45. The molecule has 0 aliphatic carbocycles. The van der Waals surface area contributed by atoms with Gasteiger partial charge in [0.2, 0.25) is 0 Å². The first-order valence-corrected chi connectivity index (χ1v) is 9.63. The van der Waals surface area contributed by atoms with Crippen molar-refractivity contribution in [1.29, 1.82) is 0 Å². The quantitative estimate of drug-likeness (QED) is 0.806. The largest absolute Gasteiger partial charge is 0.494 e. The molecule has 2 aromatic rings. The summed E-state index contributed by atoms with van der Waals surface area (Å²) in [5.41, 5.74) is 0.878. The minimum Gasteiger partial charge on any atom is -0.494 e. The van der Waals surface area contributed by atoms with Crippen molar-refractivity contribution in [2.45, 2.75) is 36.5 Å². The molecule has 1 saturated heterocycles. The zero-order valence-corrected chi connectivity index (χ0v) is 14.1. The first-order valence-electron chi connectivity index (χ1n) is 7.43. The summed E-state index contributed by atoms with van der Waals surface area (Å²) in [7, 11) is -1.09. The number of ether oxygens (including phenoxy) is 2. The van der Waals surface area contributed by atoms with Crippen LogP contribution in [0.25, 0.3) is 0 Å². The van der Waals surface area contributed by atoms with E-state index >= 15 is 0 Å². The molecule has 118 valence electrons. The Morgan fingerprint density at radius 2 is 2.23 bits per heavy atom. The van der Waals surface area contributed by atoms with Gasteiger partial charge in [-0.25, -0.2) is 4.98 Å². The highest BCUT2D eigenvalue weighted by molar-refractivity contribution is 7.84. The minimum atomic E-state index is -1.09. The average Bonchev–Trinajstić information content (AvgIpc) is 3.19. The highest BCUT2D eigenvalue weighted by Crippen LogP contribution is 2.31. The van der Waals surface area contributed by atoms with Gasteiger partial charge in [-0.15, -0.1) is 11.3 Å². The van der Waals surface area contributed by atoms with Crippen LogP contribution in [0.3, 0.4) is 0 Å². The van der Waals surface area contributed by atoms with Gasteiger partial charge in [-0.1, -0.05) is 0 Å². The molecule has 0 spiro atoms. The number of rotatable bonds is 6. The molecule has 1 aliphatic rings. The first-order chi connectivity index (χ1) is 10.8. The lowest BCUT2D eigenvalue weighted by Gasteiger charge is -2.05. The Labute approximate surface area is 136 Å². The Morgan fingerprint density at radius 3 is 2.91 bits per heavy atom. The number of hydrogen-bond acceptors (Lipinski definition) is 5. The van der Waals surface area contributed by atoms with Crippen LogP contribution in [0.4, 0.5) is 0 Å². The molecular formula is C16H19NO3S2. The molecule has 3 rings (SSSR count). The molecule has 1 aromatic carbocycles. The van der Waals surface area contributed by atoms with E-state index in [0.29, 0.717) is 12.4 Å². The van der Waals surface area contributed by atoms with Crippen LogP contribution in [0.5, 0.6) is 5.75 Å². The van der Waals surface area contributed by atoms with Gasteiger partial charge in [0.1, 0.15) is 16.9 Å². The second-order valence-electron chi connectivity index (χ2n) is 5.07. The summed E-state index contributed by atoms with van der Waals surface area (Å²) in [5.74, 6) is 1.24. The molecule has 2 heterocycles. The SMILES string of the molecule is CCOc1ccc([S@@](=O)Cc2csc([C@@H]3CCCO3)n2)cc1. The number of aromatic nitrogens is 1. The van der Waals surface area contributed by atoms with E-state index < -0.39 is 10.8 Å². The van der Waals surface area contributed by atoms with Crippen molar-refractivity contribution in [3.05, 3.63) is 40.3 Å². The highest BCUT2D eigenvalue weighted by atomic mass is 32.2. The van der Waals surface area contributed by atoms with Crippen LogP contribution in [0, 0.1) is 0 Å². The Morgan fingerprint density at radius 1 is 1.41 bits per heavy atom. The topological polar surface area (TPSA) is 48.4 Å². The Kier molecular flexibility index (Phi) is 5.23. The summed E-state index contributed by atoms with van der Waals surface area (Å²) in [4.78, 5) is 5.38. The maximum Gasteiger partial charge on any atom is 0.122 e. The molecule has 0 radical (unpaired) electrons. The van der Waals surface area contributed by atoms with Crippen molar-refractivity contribution in [3.8, 4) is 5.75 Å². The zero-order chi connectivity index (χ0) is 15.4. The van der Waals surface area contributed by atoms with E-state index in [4.69, 9.17) is 9.47 Å². The molecule has 0 bridgehead atoms. The molecule has 1 aromatic heterocycles. The maximum absolute atomic E-state index is 12.4. The third-order valence-corrected chi connectivity index (χ3v) is 5.79.